The second kappa shape index (κ2) is 7.72. The summed E-state index contributed by atoms with van der Waals surface area (Å²) in [5.74, 6) is 1.90. The molecule has 0 saturated heterocycles. The Labute approximate surface area is 109 Å². The molecule has 1 rings (SSSR count). The quantitative estimate of drug-likeness (QED) is 0.805. The topological polar surface area (TPSA) is 38.9 Å². The average Bonchev–Trinajstić information content (AvgIpc) is 2.39. The fourth-order valence-corrected chi connectivity index (χ4v) is 3.09. The lowest BCUT2D eigenvalue weighted by molar-refractivity contribution is 0.609. The molecule has 0 aliphatic carbocycles. The Kier molecular flexibility index (Phi) is 6.60. The van der Waals surface area contributed by atoms with Crippen molar-refractivity contribution in [3.8, 4) is 0 Å². The van der Waals surface area contributed by atoms with Crippen molar-refractivity contribution in [1.82, 2.24) is 4.98 Å². The zero-order chi connectivity index (χ0) is 12.7. The van der Waals surface area contributed by atoms with Crippen molar-refractivity contribution in [2.24, 2.45) is 11.7 Å². The van der Waals surface area contributed by atoms with E-state index in [9.17, 15) is 0 Å². The van der Waals surface area contributed by atoms with Gasteiger partial charge in [0.2, 0.25) is 0 Å². The Hall–Kier alpha value is -0.540. The van der Waals surface area contributed by atoms with Crippen molar-refractivity contribution in [2.75, 3.05) is 5.75 Å². The maximum absolute atomic E-state index is 6.22. The number of nitrogens with zero attached hydrogens (tertiary/aromatic N) is 1. The van der Waals surface area contributed by atoms with Gasteiger partial charge in [0, 0.05) is 12.2 Å². The van der Waals surface area contributed by atoms with Gasteiger partial charge in [-0.1, -0.05) is 33.3 Å². The van der Waals surface area contributed by atoms with Gasteiger partial charge in [-0.25, -0.2) is 0 Å². The van der Waals surface area contributed by atoms with E-state index in [0.717, 1.165) is 23.8 Å². The smallest absolute Gasteiger partial charge is 0.0621 e. The van der Waals surface area contributed by atoms with E-state index in [0.29, 0.717) is 5.25 Å². The molecule has 96 valence electrons. The first-order valence-corrected chi connectivity index (χ1v) is 7.52. The Bertz CT molecular complexity index is 302. The minimum atomic E-state index is 0.193. The van der Waals surface area contributed by atoms with E-state index in [2.05, 4.69) is 31.8 Å². The molecular weight excluding hydrogens is 228 g/mol. The summed E-state index contributed by atoms with van der Waals surface area (Å²) in [6.07, 6.45) is 4.08. The van der Waals surface area contributed by atoms with Crippen molar-refractivity contribution in [3.63, 3.8) is 0 Å². The van der Waals surface area contributed by atoms with Gasteiger partial charge in [0.05, 0.1) is 10.9 Å². The number of pyridine rings is 1. The fraction of sp³-hybridized carbons (Fsp3) is 0.643. The predicted molar refractivity (Wildman–Crippen MR) is 77.2 cm³/mol. The van der Waals surface area contributed by atoms with Gasteiger partial charge in [-0.05, 0) is 30.2 Å². The highest BCUT2D eigenvalue weighted by molar-refractivity contribution is 7.99. The van der Waals surface area contributed by atoms with Crippen LogP contribution in [0.1, 0.15) is 44.6 Å². The fourth-order valence-electron chi connectivity index (χ4n) is 1.57. The van der Waals surface area contributed by atoms with Crippen LogP contribution in [0.5, 0.6) is 0 Å². The Morgan fingerprint density at radius 2 is 2.06 bits per heavy atom. The summed E-state index contributed by atoms with van der Waals surface area (Å²) in [6.45, 7) is 6.67. The second-order valence-corrected chi connectivity index (χ2v) is 5.77. The molecule has 3 atom stereocenters. The molecule has 1 heterocycles. The highest BCUT2D eigenvalue weighted by Crippen LogP contribution is 2.32. The molecule has 1 aromatic heterocycles. The van der Waals surface area contributed by atoms with Gasteiger partial charge in [0.25, 0.3) is 0 Å². The molecule has 2 nitrogen and oxygen atoms in total. The Morgan fingerprint density at radius 1 is 1.29 bits per heavy atom. The van der Waals surface area contributed by atoms with Gasteiger partial charge in [-0.3, -0.25) is 4.98 Å². The summed E-state index contributed by atoms with van der Waals surface area (Å²) in [4.78, 5) is 4.45. The summed E-state index contributed by atoms with van der Waals surface area (Å²) >= 11 is 1.95. The minimum Gasteiger partial charge on any atom is -0.326 e. The third kappa shape index (κ3) is 4.68. The van der Waals surface area contributed by atoms with Crippen LogP contribution in [0.4, 0.5) is 0 Å². The van der Waals surface area contributed by atoms with Crippen LogP contribution in [0.2, 0.25) is 0 Å². The summed E-state index contributed by atoms with van der Waals surface area (Å²) in [5.41, 5.74) is 7.34. The van der Waals surface area contributed by atoms with Crippen LogP contribution in [0.3, 0.4) is 0 Å². The van der Waals surface area contributed by atoms with Gasteiger partial charge < -0.3 is 5.73 Å². The van der Waals surface area contributed by atoms with Gasteiger partial charge in [0.15, 0.2) is 0 Å². The number of thioether (sulfide) groups is 1. The molecule has 0 bridgehead atoms. The number of hydrogen-bond donors (Lipinski definition) is 1. The zero-order valence-corrected chi connectivity index (χ0v) is 11.9. The van der Waals surface area contributed by atoms with Crippen LogP contribution in [-0.4, -0.2) is 16.8 Å². The van der Waals surface area contributed by atoms with Crippen LogP contribution in [-0.2, 0) is 0 Å². The molecule has 0 aliphatic rings. The van der Waals surface area contributed by atoms with Crippen LogP contribution in [0.25, 0.3) is 0 Å². The molecule has 0 aliphatic heterocycles. The third-order valence-corrected chi connectivity index (χ3v) is 4.81. The van der Waals surface area contributed by atoms with E-state index in [4.69, 9.17) is 5.73 Å². The Morgan fingerprint density at radius 3 is 2.59 bits per heavy atom. The van der Waals surface area contributed by atoms with Crippen LogP contribution in [0.15, 0.2) is 24.4 Å². The van der Waals surface area contributed by atoms with Crippen molar-refractivity contribution in [3.05, 3.63) is 30.1 Å². The van der Waals surface area contributed by atoms with E-state index < -0.39 is 0 Å². The normalized spacial score (nSPS) is 16.5. The highest BCUT2D eigenvalue weighted by Gasteiger charge is 2.20. The van der Waals surface area contributed by atoms with Crippen LogP contribution < -0.4 is 5.73 Å². The molecule has 3 unspecified atom stereocenters. The SMILES string of the molecule is CCC(C)CSC(c1ccccn1)C(N)CC. The monoisotopic (exact) mass is 252 g/mol. The number of hydrogen-bond acceptors (Lipinski definition) is 3. The lowest BCUT2D eigenvalue weighted by atomic mass is 10.1. The third-order valence-electron chi connectivity index (χ3n) is 3.10. The maximum Gasteiger partial charge on any atom is 0.0621 e. The molecule has 2 N–H and O–H groups in total. The number of aromatic nitrogens is 1. The van der Waals surface area contributed by atoms with E-state index in [1.165, 1.54) is 6.42 Å². The number of nitrogens with two attached hydrogens (primary N) is 1. The van der Waals surface area contributed by atoms with Crippen molar-refractivity contribution in [1.29, 1.82) is 0 Å². The number of rotatable bonds is 7. The summed E-state index contributed by atoms with van der Waals surface area (Å²) < 4.78 is 0. The van der Waals surface area contributed by atoms with Gasteiger partial charge in [-0.2, -0.15) is 11.8 Å². The van der Waals surface area contributed by atoms with Crippen LogP contribution in [0, 0.1) is 5.92 Å². The molecule has 0 fully saturated rings. The molecular formula is C14H24N2S. The summed E-state index contributed by atoms with van der Waals surface area (Å²) in [6, 6.07) is 6.28. The van der Waals surface area contributed by atoms with E-state index >= 15 is 0 Å². The molecule has 17 heavy (non-hydrogen) atoms. The Balaban J connectivity index is 2.68. The van der Waals surface area contributed by atoms with E-state index in [-0.39, 0.29) is 6.04 Å². The van der Waals surface area contributed by atoms with Crippen LogP contribution >= 0.6 is 11.8 Å². The van der Waals surface area contributed by atoms with Crippen molar-refractivity contribution >= 4 is 11.8 Å². The molecule has 0 radical (unpaired) electrons. The summed E-state index contributed by atoms with van der Waals surface area (Å²) in [7, 11) is 0. The highest BCUT2D eigenvalue weighted by atomic mass is 32.2. The van der Waals surface area contributed by atoms with Gasteiger partial charge in [-0.15, -0.1) is 0 Å². The molecule has 1 aromatic rings. The average molecular weight is 252 g/mol. The molecule has 3 heteroatoms. The van der Waals surface area contributed by atoms with E-state index in [1.807, 2.05) is 30.1 Å². The first-order valence-electron chi connectivity index (χ1n) is 6.47. The zero-order valence-electron chi connectivity index (χ0n) is 11.1. The molecule has 0 amide bonds. The first kappa shape index (κ1) is 14.5. The first-order chi connectivity index (χ1) is 8.19. The lowest BCUT2D eigenvalue weighted by Gasteiger charge is -2.23. The largest absolute Gasteiger partial charge is 0.326 e. The second-order valence-electron chi connectivity index (χ2n) is 4.59. The lowest BCUT2D eigenvalue weighted by Crippen LogP contribution is -2.26. The van der Waals surface area contributed by atoms with E-state index in [1.54, 1.807) is 0 Å². The standard InChI is InChI=1S/C14H24N2S/c1-4-11(3)10-17-14(12(15)5-2)13-8-6-7-9-16-13/h6-9,11-12,14H,4-5,10,15H2,1-3H3. The molecule has 0 saturated carbocycles. The van der Waals surface area contributed by atoms with Gasteiger partial charge >= 0.3 is 0 Å². The van der Waals surface area contributed by atoms with Gasteiger partial charge in [0.1, 0.15) is 0 Å². The summed E-state index contributed by atoms with van der Waals surface area (Å²) in [5, 5.41) is 0.329. The molecule has 0 spiro atoms. The maximum atomic E-state index is 6.22. The molecule has 0 aromatic carbocycles. The van der Waals surface area contributed by atoms with Crippen molar-refractivity contribution in [2.45, 2.75) is 44.9 Å². The predicted octanol–water partition coefficient (Wildman–Crippen LogP) is 3.64. The minimum absolute atomic E-state index is 0.193. The van der Waals surface area contributed by atoms with Crippen molar-refractivity contribution < 1.29 is 0 Å².